The molecule has 0 heterocycles. The van der Waals surface area contributed by atoms with Crippen molar-refractivity contribution in [3.63, 3.8) is 0 Å². The van der Waals surface area contributed by atoms with Crippen LogP contribution in [0.3, 0.4) is 0 Å². The third kappa shape index (κ3) is 39.4. The van der Waals surface area contributed by atoms with E-state index < -0.39 is 0 Å². The zero-order valence-electron chi connectivity index (χ0n) is 32.8. The quantitative estimate of drug-likeness (QED) is 0.0517. The van der Waals surface area contributed by atoms with Crippen LogP contribution in [0.2, 0.25) is 0 Å². The van der Waals surface area contributed by atoms with Crippen LogP contribution in [-0.2, 0) is 14.2 Å². The van der Waals surface area contributed by atoms with Crippen LogP contribution < -0.4 is 5.32 Å². The van der Waals surface area contributed by atoms with Crippen molar-refractivity contribution in [3.8, 4) is 0 Å². The van der Waals surface area contributed by atoms with Gasteiger partial charge in [0.05, 0.1) is 13.2 Å². The fourth-order valence-electron chi connectivity index (χ4n) is 6.43. The van der Waals surface area contributed by atoms with E-state index in [2.05, 4.69) is 31.3 Å². The Bertz CT molecular complexity index is 640. The molecule has 0 aliphatic heterocycles. The minimum absolute atomic E-state index is 0.0412. The van der Waals surface area contributed by atoms with Crippen molar-refractivity contribution in [2.24, 2.45) is 0 Å². The van der Waals surface area contributed by atoms with Crippen LogP contribution in [-0.4, -0.2) is 45.7 Å². The number of hydrogen-bond acceptors (Lipinski definition) is 4. The molecule has 1 N–H and O–H groups in total. The van der Waals surface area contributed by atoms with E-state index in [1.54, 1.807) is 7.11 Å². The number of nitrogens with one attached hydrogen (secondary N) is 1. The molecule has 48 heavy (non-hydrogen) atoms. The van der Waals surface area contributed by atoms with Crippen LogP contribution in [0.4, 0.5) is 4.79 Å². The Labute approximate surface area is 300 Å². The maximum Gasteiger partial charge on any atom is 0.407 e. The number of alkyl carbamates (subject to hydrolysis) is 1. The largest absolute Gasteiger partial charge is 0.446 e. The normalized spacial score (nSPS) is 12.2. The van der Waals surface area contributed by atoms with Crippen molar-refractivity contribution >= 4 is 6.09 Å². The molecule has 0 saturated heterocycles. The molecular weight excluding hydrogens is 594 g/mol. The highest BCUT2D eigenvalue weighted by atomic mass is 16.6. The Morgan fingerprint density at radius 1 is 0.500 bits per heavy atom. The van der Waals surface area contributed by atoms with Crippen LogP contribution in [0.25, 0.3) is 0 Å². The summed E-state index contributed by atoms with van der Waals surface area (Å²) in [4.78, 5) is 12.5. The van der Waals surface area contributed by atoms with E-state index in [1.165, 1.54) is 173 Å². The summed E-state index contributed by atoms with van der Waals surface area (Å²) in [5.74, 6) is 0. The zero-order valence-corrected chi connectivity index (χ0v) is 32.8. The van der Waals surface area contributed by atoms with Crippen LogP contribution in [0.5, 0.6) is 0 Å². The van der Waals surface area contributed by atoms with Gasteiger partial charge in [0.2, 0.25) is 0 Å². The van der Waals surface area contributed by atoms with Crippen molar-refractivity contribution in [1.82, 2.24) is 5.32 Å². The first-order chi connectivity index (χ1) is 23.7. The third-order valence-electron chi connectivity index (χ3n) is 9.61. The Morgan fingerprint density at radius 3 is 1.31 bits per heavy atom. The summed E-state index contributed by atoms with van der Waals surface area (Å²) < 4.78 is 16.4. The van der Waals surface area contributed by atoms with Crippen LogP contribution in [0, 0.1) is 0 Å². The predicted octanol–water partition coefficient (Wildman–Crippen LogP) is 13.8. The Kier molecular flexibility index (Phi) is 41.2. The molecule has 1 atom stereocenters. The molecule has 5 nitrogen and oxygen atoms in total. The molecule has 1 unspecified atom stereocenters. The number of carbonyl (C=O) groups is 1. The Balaban J connectivity index is 4.02. The lowest BCUT2D eigenvalue weighted by molar-refractivity contribution is 0.0670. The number of amides is 1. The molecule has 0 aliphatic carbocycles. The Morgan fingerprint density at radius 2 is 0.896 bits per heavy atom. The minimum Gasteiger partial charge on any atom is -0.446 e. The summed E-state index contributed by atoms with van der Waals surface area (Å²) in [5, 5.41) is 2.94. The highest BCUT2D eigenvalue weighted by Gasteiger charge is 2.14. The SMILES string of the molecule is CCCCCCCC/C=C\CCCCCCCC(CCCCCCCCCCCCCCCCCC)OC(=O)NCCCOCCOC. The lowest BCUT2D eigenvalue weighted by Crippen LogP contribution is -2.30. The number of hydrogen-bond donors (Lipinski definition) is 1. The molecule has 0 bridgehead atoms. The molecule has 0 aromatic heterocycles. The summed E-state index contributed by atoms with van der Waals surface area (Å²) in [6.45, 7) is 6.99. The number of methoxy groups -OCH3 is 1. The molecule has 286 valence electrons. The highest BCUT2D eigenvalue weighted by molar-refractivity contribution is 5.67. The van der Waals surface area contributed by atoms with Gasteiger partial charge in [0.15, 0.2) is 0 Å². The van der Waals surface area contributed by atoms with Gasteiger partial charge in [0.25, 0.3) is 0 Å². The number of unbranched alkanes of at least 4 members (excludes halogenated alkanes) is 26. The van der Waals surface area contributed by atoms with Gasteiger partial charge in [-0.25, -0.2) is 4.79 Å². The van der Waals surface area contributed by atoms with Gasteiger partial charge >= 0.3 is 6.09 Å². The molecule has 5 heteroatoms. The summed E-state index contributed by atoms with van der Waals surface area (Å²) in [5.41, 5.74) is 0. The van der Waals surface area contributed by atoms with Crippen molar-refractivity contribution in [2.75, 3.05) is 33.5 Å². The van der Waals surface area contributed by atoms with E-state index in [0.29, 0.717) is 26.4 Å². The first kappa shape index (κ1) is 46.9. The van der Waals surface area contributed by atoms with Crippen molar-refractivity contribution in [1.29, 1.82) is 0 Å². The van der Waals surface area contributed by atoms with Crippen LogP contribution >= 0.6 is 0 Å². The topological polar surface area (TPSA) is 56.8 Å². The third-order valence-corrected chi connectivity index (χ3v) is 9.61. The van der Waals surface area contributed by atoms with E-state index in [1.807, 2.05) is 0 Å². The van der Waals surface area contributed by atoms with Crippen LogP contribution in [0.1, 0.15) is 219 Å². The van der Waals surface area contributed by atoms with Gasteiger partial charge < -0.3 is 19.5 Å². The molecule has 0 aromatic carbocycles. The van der Waals surface area contributed by atoms with Crippen molar-refractivity contribution in [3.05, 3.63) is 12.2 Å². The molecule has 1 amide bonds. The van der Waals surface area contributed by atoms with Gasteiger partial charge in [0, 0.05) is 20.3 Å². The summed E-state index contributed by atoms with van der Waals surface area (Å²) in [6.07, 6.45) is 46.5. The molecule has 0 radical (unpaired) electrons. The lowest BCUT2D eigenvalue weighted by Gasteiger charge is -2.18. The lowest BCUT2D eigenvalue weighted by atomic mass is 10.0. The number of rotatable bonds is 40. The molecule has 0 spiro atoms. The smallest absolute Gasteiger partial charge is 0.407 e. The summed E-state index contributed by atoms with van der Waals surface area (Å²) in [6, 6.07) is 0. The second-order valence-corrected chi connectivity index (χ2v) is 14.4. The maximum absolute atomic E-state index is 12.5. The van der Waals surface area contributed by atoms with Gasteiger partial charge in [-0.05, 0) is 57.8 Å². The van der Waals surface area contributed by atoms with E-state index in [9.17, 15) is 4.79 Å². The van der Waals surface area contributed by atoms with Gasteiger partial charge in [-0.15, -0.1) is 0 Å². The van der Waals surface area contributed by atoms with Gasteiger partial charge in [-0.1, -0.05) is 174 Å². The van der Waals surface area contributed by atoms with Gasteiger partial charge in [0.1, 0.15) is 6.10 Å². The van der Waals surface area contributed by atoms with Gasteiger partial charge in [-0.2, -0.15) is 0 Å². The number of allylic oxidation sites excluding steroid dienone is 2. The van der Waals surface area contributed by atoms with Gasteiger partial charge in [-0.3, -0.25) is 0 Å². The fraction of sp³-hybridized carbons (Fsp3) is 0.930. The Hall–Kier alpha value is -1.07. The average Bonchev–Trinajstić information content (AvgIpc) is 3.09. The zero-order chi connectivity index (χ0) is 34.9. The fourth-order valence-corrected chi connectivity index (χ4v) is 6.43. The van der Waals surface area contributed by atoms with E-state index in [0.717, 1.165) is 32.1 Å². The van der Waals surface area contributed by atoms with Crippen LogP contribution in [0.15, 0.2) is 12.2 Å². The minimum atomic E-state index is -0.263. The maximum atomic E-state index is 12.5. The standard InChI is InChI=1S/C43H85NO4/c1-4-6-8-10-12-14-16-18-20-22-24-26-28-30-32-34-37-42(48-43(45)44-38-35-39-47-41-40-46-3)36-33-31-29-27-25-23-21-19-17-15-13-11-9-7-5-2/h19,21,42H,4-18,20,22-41H2,1-3H3,(H,44,45)/b21-19-. The number of carbonyl (C=O) groups excluding carboxylic acids is 1. The second kappa shape index (κ2) is 42.1. The van der Waals surface area contributed by atoms with Crippen molar-refractivity contribution < 1.29 is 19.0 Å². The molecule has 0 aliphatic rings. The second-order valence-electron chi connectivity index (χ2n) is 14.4. The number of ether oxygens (including phenoxy) is 3. The van der Waals surface area contributed by atoms with E-state index in [-0.39, 0.29) is 12.2 Å². The molecule has 0 fully saturated rings. The summed E-state index contributed by atoms with van der Waals surface area (Å²) in [7, 11) is 1.67. The highest BCUT2D eigenvalue weighted by Crippen LogP contribution is 2.18. The average molecular weight is 680 g/mol. The first-order valence-electron chi connectivity index (χ1n) is 21.4. The van der Waals surface area contributed by atoms with Crippen molar-refractivity contribution in [2.45, 2.75) is 225 Å². The predicted molar refractivity (Wildman–Crippen MR) is 209 cm³/mol. The summed E-state index contributed by atoms with van der Waals surface area (Å²) >= 11 is 0. The molecule has 0 aromatic rings. The molecular formula is C43H85NO4. The first-order valence-corrected chi connectivity index (χ1v) is 21.4. The van der Waals surface area contributed by atoms with E-state index >= 15 is 0 Å². The van der Waals surface area contributed by atoms with E-state index in [4.69, 9.17) is 14.2 Å². The molecule has 0 rings (SSSR count). The molecule has 0 saturated carbocycles. The monoisotopic (exact) mass is 680 g/mol.